The van der Waals surface area contributed by atoms with E-state index in [1.54, 1.807) is 10.9 Å². The van der Waals surface area contributed by atoms with Gasteiger partial charge in [0.1, 0.15) is 5.76 Å². The highest BCUT2D eigenvalue weighted by Gasteiger charge is 2.07. The van der Waals surface area contributed by atoms with Gasteiger partial charge in [-0.3, -0.25) is 9.67 Å². The smallest absolute Gasteiger partial charge is 0.117 e. The van der Waals surface area contributed by atoms with Crippen molar-refractivity contribution in [2.24, 2.45) is 7.05 Å². The fourth-order valence-electron chi connectivity index (χ4n) is 2.20. The molecule has 0 aliphatic heterocycles. The first-order valence-electron chi connectivity index (χ1n) is 7.05. The third kappa shape index (κ3) is 3.60. The summed E-state index contributed by atoms with van der Waals surface area (Å²) in [6.45, 7) is 7.67. The van der Waals surface area contributed by atoms with Crippen molar-refractivity contribution in [1.82, 2.24) is 14.8 Å². The van der Waals surface area contributed by atoms with E-state index in [-0.39, 0.29) is 5.76 Å². The molecular formula is C17H21N3O. The van der Waals surface area contributed by atoms with Crippen molar-refractivity contribution < 1.29 is 5.11 Å². The fourth-order valence-corrected chi connectivity index (χ4v) is 2.20. The summed E-state index contributed by atoms with van der Waals surface area (Å²) in [5.41, 5.74) is 4.91. The number of allylic oxidation sites excluding steroid dienone is 1. The zero-order chi connectivity index (χ0) is 15.4. The maximum absolute atomic E-state index is 9.53. The van der Waals surface area contributed by atoms with Crippen molar-refractivity contribution in [3.05, 3.63) is 53.6 Å². The molecule has 0 aromatic carbocycles. The molecule has 0 aliphatic rings. The summed E-state index contributed by atoms with van der Waals surface area (Å²) in [4.78, 5) is 4.33. The Morgan fingerprint density at radius 1 is 1.38 bits per heavy atom. The van der Waals surface area contributed by atoms with Gasteiger partial charge in [-0.05, 0) is 36.6 Å². The Morgan fingerprint density at radius 3 is 2.71 bits per heavy atom. The molecule has 2 aromatic heterocycles. The number of hydrogen-bond donors (Lipinski definition) is 1. The Morgan fingerprint density at radius 2 is 2.14 bits per heavy atom. The summed E-state index contributed by atoms with van der Waals surface area (Å²) in [7, 11) is 1.91. The zero-order valence-electron chi connectivity index (χ0n) is 12.8. The van der Waals surface area contributed by atoms with E-state index in [0.29, 0.717) is 5.56 Å². The van der Waals surface area contributed by atoms with Gasteiger partial charge in [0.25, 0.3) is 0 Å². The lowest BCUT2D eigenvalue weighted by Crippen LogP contribution is -1.92. The molecule has 0 radical (unpaired) electrons. The molecule has 2 rings (SSSR count). The van der Waals surface area contributed by atoms with Gasteiger partial charge in [-0.1, -0.05) is 19.9 Å². The van der Waals surface area contributed by atoms with Crippen LogP contribution in [0.15, 0.2) is 31.2 Å². The minimum atomic E-state index is 0.0376. The molecule has 0 saturated carbocycles. The quantitative estimate of drug-likeness (QED) is 0.844. The van der Waals surface area contributed by atoms with Crippen molar-refractivity contribution >= 4 is 17.4 Å². The SMILES string of the molecule is C=C(O)c1cnc(C)c(/C=C(\CCC)c2cnn(C)c2)c1. The van der Waals surface area contributed by atoms with E-state index < -0.39 is 0 Å². The lowest BCUT2D eigenvalue weighted by Gasteiger charge is -2.07. The molecule has 0 amide bonds. The van der Waals surface area contributed by atoms with Crippen LogP contribution in [0.2, 0.25) is 0 Å². The van der Waals surface area contributed by atoms with Crippen LogP contribution < -0.4 is 0 Å². The van der Waals surface area contributed by atoms with E-state index in [2.05, 4.69) is 29.7 Å². The van der Waals surface area contributed by atoms with Crippen molar-refractivity contribution in [2.45, 2.75) is 26.7 Å². The molecule has 2 aromatic rings. The molecule has 1 N–H and O–H groups in total. The molecule has 4 nitrogen and oxygen atoms in total. The normalized spacial score (nSPS) is 11.7. The first-order valence-corrected chi connectivity index (χ1v) is 7.05. The molecule has 2 heterocycles. The van der Waals surface area contributed by atoms with E-state index >= 15 is 0 Å². The minimum absolute atomic E-state index is 0.0376. The first-order chi connectivity index (χ1) is 10.0. The Bertz CT molecular complexity index is 683. The number of aliphatic hydroxyl groups excluding tert-OH is 1. The van der Waals surface area contributed by atoms with Crippen LogP contribution in [0.4, 0.5) is 0 Å². The van der Waals surface area contributed by atoms with Gasteiger partial charge < -0.3 is 5.11 Å². The molecule has 0 saturated heterocycles. The third-order valence-corrected chi connectivity index (χ3v) is 3.38. The van der Waals surface area contributed by atoms with E-state index in [1.807, 2.05) is 32.4 Å². The lowest BCUT2D eigenvalue weighted by atomic mass is 10.00. The van der Waals surface area contributed by atoms with Crippen LogP contribution in [-0.4, -0.2) is 19.9 Å². The number of hydrogen-bond acceptors (Lipinski definition) is 3. The number of nitrogens with zero attached hydrogens (tertiary/aromatic N) is 3. The maximum atomic E-state index is 9.53. The van der Waals surface area contributed by atoms with E-state index in [9.17, 15) is 5.11 Å². The molecule has 0 bridgehead atoms. The maximum Gasteiger partial charge on any atom is 0.117 e. The number of rotatable bonds is 5. The zero-order valence-corrected chi connectivity index (χ0v) is 12.8. The van der Waals surface area contributed by atoms with Gasteiger partial charge in [0.2, 0.25) is 0 Å². The highest BCUT2D eigenvalue weighted by molar-refractivity contribution is 5.82. The number of aromatic nitrogens is 3. The predicted octanol–water partition coefficient (Wildman–Crippen LogP) is 3.99. The van der Waals surface area contributed by atoms with E-state index in [1.165, 1.54) is 5.57 Å². The van der Waals surface area contributed by atoms with Crippen molar-refractivity contribution in [3.8, 4) is 0 Å². The van der Waals surface area contributed by atoms with Gasteiger partial charge in [0.05, 0.1) is 6.20 Å². The van der Waals surface area contributed by atoms with Crippen molar-refractivity contribution in [1.29, 1.82) is 0 Å². The fraction of sp³-hybridized carbons (Fsp3) is 0.294. The summed E-state index contributed by atoms with van der Waals surface area (Å²) >= 11 is 0. The molecule has 0 unspecified atom stereocenters. The molecule has 21 heavy (non-hydrogen) atoms. The minimum Gasteiger partial charge on any atom is -0.508 e. The van der Waals surface area contributed by atoms with Gasteiger partial charge in [-0.25, -0.2) is 0 Å². The lowest BCUT2D eigenvalue weighted by molar-refractivity contribution is 0.513. The Kier molecular flexibility index (Phi) is 4.58. The second kappa shape index (κ2) is 6.39. The summed E-state index contributed by atoms with van der Waals surface area (Å²) in [5, 5.41) is 13.8. The molecule has 0 fully saturated rings. The standard InChI is InChI=1S/C17H21N3O/c1-5-6-14(17-10-19-20(4)11-17)7-15-8-16(13(3)21)9-18-12(15)2/h7-11,21H,3,5-6H2,1-2,4H3/b14-7+. The Hall–Kier alpha value is -2.36. The topological polar surface area (TPSA) is 50.9 Å². The molecular weight excluding hydrogens is 262 g/mol. The number of aliphatic hydroxyl groups is 1. The summed E-state index contributed by atoms with van der Waals surface area (Å²) in [6.07, 6.45) is 9.67. The van der Waals surface area contributed by atoms with E-state index in [0.717, 1.165) is 29.7 Å². The van der Waals surface area contributed by atoms with Gasteiger partial charge in [-0.15, -0.1) is 0 Å². The largest absolute Gasteiger partial charge is 0.508 e. The van der Waals surface area contributed by atoms with Crippen LogP contribution in [0.25, 0.3) is 17.4 Å². The van der Waals surface area contributed by atoms with Crippen LogP contribution in [-0.2, 0) is 7.05 Å². The first kappa shape index (κ1) is 15.0. The number of pyridine rings is 1. The second-order valence-electron chi connectivity index (χ2n) is 5.17. The molecule has 110 valence electrons. The second-order valence-corrected chi connectivity index (χ2v) is 5.17. The third-order valence-electron chi connectivity index (χ3n) is 3.38. The van der Waals surface area contributed by atoms with Crippen LogP contribution in [0.1, 0.15) is 42.1 Å². The average Bonchev–Trinajstić information content (AvgIpc) is 2.87. The van der Waals surface area contributed by atoms with Crippen LogP contribution >= 0.6 is 0 Å². The van der Waals surface area contributed by atoms with Gasteiger partial charge in [0.15, 0.2) is 0 Å². The molecule has 0 atom stereocenters. The summed E-state index contributed by atoms with van der Waals surface area (Å²) in [6, 6.07) is 1.91. The Labute approximate surface area is 125 Å². The predicted molar refractivity (Wildman–Crippen MR) is 86.6 cm³/mol. The number of aryl methyl sites for hydroxylation is 2. The summed E-state index contributed by atoms with van der Waals surface area (Å²) < 4.78 is 1.80. The van der Waals surface area contributed by atoms with Crippen LogP contribution in [0.3, 0.4) is 0 Å². The molecule has 0 aliphatic carbocycles. The van der Waals surface area contributed by atoms with Gasteiger partial charge >= 0.3 is 0 Å². The van der Waals surface area contributed by atoms with E-state index in [4.69, 9.17) is 0 Å². The van der Waals surface area contributed by atoms with Crippen molar-refractivity contribution in [3.63, 3.8) is 0 Å². The monoisotopic (exact) mass is 283 g/mol. The van der Waals surface area contributed by atoms with Gasteiger partial charge in [-0.2, -0.15) is 5.10 Å². The average molecular weight is 283 g/mol. The Balaban J connectivity index is 2.47. The van der Waals surface area contributed by atoms with Gasteiger partial charge in [0, 0.05) is 36.3 Å². The summed E-state index contributed by atoms with van der Waals surface area (Å²) in [5.74, 6) is 0.0376. The highest BCUT2D eigenvalue weighted by Crippen LogP contribution is 2.24. The van der Waals surface area contributed by atoms with Crippen molar-refractivity contribution in [2.75, 3.05) is 0 Å². The highest BCUT2D eigenvalue weighted by atomic mass is 16.3. The molecule has 4 heteroatoms. The van der Waals surface area contributed by atoms with Crippen LogP contribution in [0, 0.1) is 6.92 Å². The van der Waals surface area contributed by atoms with Crippen LogP contribution in [0.5, 0.6) is 0 Å². The molecule has 0 spiro atoms.